The van der Waals surface area contributed by atoms with Crippen LogP contribution in [0.15, 0.2) is 41.4 Å². The number of pyridine rings is 2. The fourth-order valence-electron chi connectivity index (χ4n) is 3.31. The van der Waals surface area contributed by atoms with Crippen LogP contribution in [0.1, 0.15) is 11.4 Å². The fourth-order valence-corrected chi connectivity index (χ4v) is 4.38. The number of aromatic nitrogens is 4. The number of sulfonamides is 1. The summed E-state index contributed by atoms with van der Waals surface area (Å²) in [7, 11) is -2.59. The van der Waals surface area contributed by atoms with Crippen molar-refractivity contribution in [1.82, 2.24) is 19.5 Å². The van der Waals surface area contributed by atoms with Gasteiger partial charge in [-0.1, -0.05) is 6.07 Å². The summed E-state index contributed by atoms with van der Waals surface area (Å²) < 4.78 is 44.5. The first kappa shape index (κ1) is 20.5. The summed E-state index contributed by atoms with van der Waals surface area (Å²) in [5.41, 5.74) is 2.60. The molecule has 0 spiro atoms. The first-order valence-electron chi connectivity index (χ1n) is 8.81. The zero-order valence-corrected chi connectivity index (χ0v) is 17.8. The summed E-state index contributed by atoms with van der Waals surface area (Å²) in [6.45, 7) is 0.291. The van der Waals surface area contributed by atoms with Crippen LogP contribution in [0.2, 0.25) is 0 Å². The van der Waals surface area contributed by atoms with Gasteiger partial charge >= 0.3 is 0 Å². The number of nitrogens with zero attached hydrogens (tertiary/aromatic N) is 4. The van der Waals surface area contributed by atoms with Crippen LogP contribution < -0.4 is 9.88 Å². The second-order valence-corrected chi connectivity index (χ2v) is 8.97. The van der Waals surface area contributed by atoms with Crippen molar-refractivity contribution in [1.29, 1.82) is 0 Å². The van der Waals surface area contributed by atoms with Gasteiger partial charge in [-0.15, -0.1) is 0 Å². The van der Waals surface area contributed by atoms with Gasteiger partial charge in [0.2, 0.25) is 15.9 Å². The van der Waals surface area contributed by atoms with E-state index in [4.69, 9.17) is 9.88 Å². The SMILES string of the molecule is COc1ccc2c(ncc3nc(CSC)n(Cc4ccc(S(N)(=O)=O)c(F)c4)c32)n1. The van der Waals surface area contributed by atoms with Crippen molar-refractivity contribution in [2.75, 3.05) is 13.4 Å². The third-order valence-electron chi connectivity index (χ3n) is 4.61. The zero-order valence-electron chi connectivity index (χ0n) is 16.2. The van der Waals surface area contributed by atoms with Crippen molar-refractivity contribution in [3.8, 4) is 5.88 Å². The summed E-state index contributed by atoms with van der Waals surface area (Å²) in [4.78, 5) is 12.9. The molecule has 3 aromatic heterocycles. The Balaban J connectivity index is 1.89. The maximum Gasteiger partial charge on any atom is 0.240 e. The van der Waals surface area contributed by atoms with Gasteiger partial charge in [0.05, 0.1) is 24.6 Å². The number of benzene rings is 1. The Bertz CT molecular complexity index is 1370. The number of methoxy groups -OCH3 is 1. The van der Waals surface area contributed by atoms with E-state index in [1.807, 2.05) is 16.9 Å². The van der Waals surface area contributed by atoms with Crippen molar-refractivity contribution in [2.24, 2.45) is 5.14 Å². The first-order valence-corrected chi connectivity index (χ1v) is 11.7. The van der Waals surface area contributed by atoms with E-state index in [0.29, 0.717) is 34.9 Å². The number of ether oxygens (including phenoxy) is 1. The molecule has 8 nitrogen and oxygen atoms in total. The monoisotopic (exact) mass is 447 g/mol. The molecule has 1 aromatic carbocycles. The van der Waals surface area contributed by atoms with Crippen LogP contribution in [0, 0.1) is 5.82 Å². The molecule has 0 aliphatic carbocycles. The molecule has 0 aliphatic rings. The van der Waals surface area contributed by atoms with E-state index in [-0.39, 0.29) is 0 Å². The molecule has 0 amide bonds. The van der Waals surface area contributed by atoms with Gasteiger partial charge in [0.15, 0.2) is 5.65 Å². The second kappa shape index (κ2) is 7.82. The molecule has 0 radical (unpaired) electrons. The number of imidazole rings is 1. The Morgan fingerprint density at radius 1 is 1.23 bits per heavy atom. The van der Waals surface area contributed by atoms with E-state index in [2.05, 4.69) is 15.0 Å². The van der Waals surface area contributed by atoms with Crippen molar-refractivity contribution >= 4 is 43.9 Å². The largest absolute Gasteiger partial charge is 0.481 e. The zero-order chi connectivity index (χ0) is 21.5. The summed E-state index contributed by atoms with van der Waals surface area (Å²) >= 11 is 1.61. The lowest BCUT2D eigenvalue weighted by Crippen LogP contribution is -2.14. The van der Waals surface area contributed by atoms with Crippen LogP contribution >= 0.6 is 11.8 Å². The van der Waals surface area contributed by atoms with Gasteiger partial charge in [-0.3, -0.25) is 0 Å². The number of hydrogen-bond acceptors (Lipinski definition) is 7. The molecule has 0 bridgehead atoms. The van der Waals surface area contributed by atoms with Crippen LogP contribution in [-0.2, 0) is 22.3 Å². The van der Waals surface area contributed by atoms with Crippen LogP contribution in [-0.4, -0.2) is 41.3 Å². The Hall–Kier alpha value is -2.76. The maximum absolute atomic E-state index is 14.4. The van der Waals surface area contributed by atoms with E-state index in [1.54, 1.807) is 30.1 Å². The highest BCUT2D eigenvalue weighted by Crippen LogP contribution is 2.28. The minimum absolute atomic E-state index is 0.291. The number of rotatable bonds is 6. The number of thioether (sulfide) groups is 1. The Morgan fingerprint density at radius 2 is 2.03 bits per heavy atom. The van der Waals surface area contributed by atoms with E-state index in [1.165, 1.54) is 19.2 Å². The molecule has 0 saturated carbocycles. The quantitative estimate of drug-likeness (QED) is 0.483. The van der Waals surface area contributed by atoms with Gasteiger partial charge < -0.3 is 9.30 Å². The number of primary sulfonamides is 1. The van der Waals surface area contributed by atoms with Crippen molar-refractivity contribution in [2.45, 2.75) is 17.2 Å². The van der Waals surface area contributed by atoms with Gasteiger partial charge in [0.1, 0.15) is 22.1 Å². The highest BCUT2D eigenvalue weighted by Gasteiger charge is 2.18. The van der Waals surface area contributed by atoms with Gasteiger partial charge in [0, 0.05) is 18.0 Å². The first-order chi connectivity index (χ1) is 14.3. The van der Waals surface area contributed by atoms with Crippen LogP contribution in [0.3, 0.4) is 0 Å². The smallest absolute Gasteiger partial charge is 0.240 e. The van der Waals surface area contributed by atoms with Crippen molar-refractivity contribution < 1.29 is 17.5 Å². The van der Waals surface area contributed by atoms with E-state index in [9.17, 15) is 12.8 Å². The normalized spacial score (nSPS) is 12.0. The average molecular weight is 448 g/mol. The lowest BCUT2D eigenvalue weighted by Gasteiger charge is -2.11. The Labute approximate surface area is 176 Å². The Morgan fingerprint density at radius 3 is 2.70 bits per heavy atom. The Kier molecular flexibility index (Phi) is 5.35. The molecule has 0 unspecified atom stereocenters. The molecular weight excluding hydrogens is 429 g/mol. The van der Waals surface area contributed by atoms with Gasteiger partial charge in [-0.2, -0.15) is 16.7 Å². The molecule has 4 rings (SSSR count). The summed E-state index contributed by atoms with van der Waals surface area (Å²) in [6, 6.07) is 7.51. The number of hydrogen-bond donors (Lipinski definition) is 1. The van der Waals surface area contributed by atoms with Crippen LogP contribution in [0.25, 0.3) is 22.1 Å². The highest BCUT2D eigenvalue weighted by atomic mass is 32.2. The van der Waals surface area contributed by atoms with Crippen LogP contribution in [0.5, 0.6) is 5.88 Å². The predicted octanol–water partition coefficient (Wildman–Crippen LogP) is 2.69. The van der Waals surface area contributed by atoms with Gasteiger partial charge in [-0.25, -0.2) is 27.9 Å². The molecule has 11 heteroatoms. The minimum Gasteiger partial charge on any atom is -0.481 e. The van der Waals surface area contributed by atoms with E-state index < -0.39 is 20.7 Å². The molecule has 0 saturated heterocycles. The standard InChI is InChI=1S/C19H18FN5O3S2/c1-28-17-6-4-12-18-14(8-22-19(12)24-17)23-16(10-29-2)25(18)9-11-3-5-15(13(20)7-11)30(21,26)27/h3-8H,9-10H2,1-2H3,(H2,21,26,27). The summed E-state index contributed by atoms with van der Waals surface area (Å²) in [5.74, 6) is 0.991. The molecule has 3 heterocycles. The molecule has 2 N–H and O–H groups in total. The summed E-state index contributed by atoms with van der Waals surface area (Å²) in [5, 5.41) is 5.84. The van der Waals surface area contributed by atoms with Gasteiger partial charge in [-0.05, 0) is 30.0 Å². The van der Waals surface area contributed by atoms with Crippen molar-refractivity contribution in [3.63, 3.8) is 0 Å². The second-order valence-electron chi connectivity index (χ2n) is 6.57. The fraction of sp³-hybridized carbons (Fsp3) is 0.211. The maximum atomic E-state index is 14.4. The van der Waals surface area contributed by atoms with E-state index in [0.717, 1.165) is 16.7 Å². The lowest BCUT2D eigenvalue weighted by atomic mass is 10.2. The third kappa shape index (κ3) is 3.71. The number of fused-ring (bicyclic) bond motifs is 3. The van der Waals surface area contributed by atoms with E-state index >= 15 is 0 Å². The van der Waals surface area contributed by atoms with Crippen LogP contribution in [0.4, 0.5) is 4.39 Å². The minimum atomic E-state index is -4.13. The summed E-state index contributed by atoms with van der Waals surface area (Å²) in [6.07, 6.45) is 3.61. The molecule has 156 valence electrons. The average Bonchev–Trinajstić information content (AvgIpc) is 3.04. The molecule has 0 fully saturated rings. The molecular formula is C19H18FN5O3S2. The highest BCUT2D eigenvalue weighted by molar-refractivity contribution is 7.97. The molecule has 4 aromatic rings. The lowest BCUT2D eigenvalue weighted by molar-refractivity contribution is 0.399. The molecule has 30 heavy (non-hydrogen) atoms. The topological polar surface area (TPSA) is 113 Å². The van der Waals surface area contributed by atoms with Gasteiger partial charge in [0.25, 0.3) is 0 Å². The van der Waals surface area contributed by atoms with Crippen molar-refractivity contribution in [3.05, 3.63) is 53.7 Å². The predicted molar refractivity (Wildman–Crippen MR) is 113 cm³/mol. The number of nitrogens with two attached hydrogens (primary N) is 1. The molecule has 0 aliphatic heterocycles. The number of halogens is 1. The third-order valence-corrected chi connectivity index (χ3v) is 6.10. The molecule has 0 atom stereocenters.